The molecule has 26 heavy (non-hydrogen) atoms. The predicted molar refractivity (Wildman–Crippen MR) is 105 cm³/mol. The van der Waals surface area contributed by atoms with Crippen LogP contribution in [0.5, 0.6) is 17.2 Å². The molecule has 2 aromatic rings. The number of ether oxygens (including phenoxy) is 3. The van der Waals surface area contributed by atoms with Crippen molar-refractivity contribution in [3.8, 4) is 17.2 Å². The van der Waals surface area contributed by atoms with E-state index >= 15 is 0 Å². The van der Waals surface area contributed by atoms with Crippen LogP contribution in [0.2, 0.25) is 0 Å². The summed E-state index contributed by atoms with van der Waals surface area (Å²) in [6.07, 6.45) is 0.921. The summed E-state index contributed by atoms with van der Waals surface area (Å²) < 4.78 is 17.2. The smallest absolute Gasteiger partial charge is 0.164 e. The molecule has 1 N–H and O–H groups in total. The van der Waals surface area contributed by atoms with Gasteiger partial charge in [-0.05, 0) is 42.5 Å². The zero-order valence-corrected chi connectivity index (χ0v) is 16.4. The first-order valence-corrected chi connectivity index (χ1v) is 9.34. The minimum Gasteiger partial charge on any atom is -0.496 e. The van der Waals surface area contributed by atoms with Crippen LogP contribution in [0.4, 0.5) is 0 Å². The Hall–Kier alpha value is -2.20. The molecule has 0 aromatic heterocycles. The van der Waals surface area contributed by atoms with E-state index in [2.05, 4.69) is 43.4 Å². The second kappa shape index (κ2) is 8.00. The van der Waals surface area contributed by atoms with E-state index in [-0.39, 0.29) is 6.04 Å². The zero-order chi connectivity index (χ0) is 18.7. The molecule has 4 nitrogen and oxygen atoms in total. The molecule has 140 valence electrons. The molecule has 0 fully saturated rings. The molecule has 0 amide bonds. The Labute approximate surface area is 156 Å². The minimum atomic E-state index is 0.0834. The summed E-state index contributed by atoms with van der Waals surface area (Å²) in [5, 5.41) is 3.65. The van der Waals surface area contributed by atoms with Gasteiger partial charge in [-0.2, -0.15) is 0 Å². The van der Waals surface area contributed by atoms with Gasteiger partial charge in [0.1, 0.15) is 5.75 Å². The van der Waals surface area contributed by atoms with Crippen LogP contribution >= 0.6 is 0 Å². The number of hydrogen-bond acceptors (Lipinski definition) is 4. The monoisotopic (exact) mass is 355 g/mol. The molecule has 1 aliphatic heterocycles. The topological polar surface area (TPSA) is 39.7 Å². The van der Waals surface area contributed by atoms with Crippen LogP contribution in [0.3, 0.4) is 0 Å². The first-order chi connectivity index (χ1) is 12.6. The van der Waals surface area contributed by atoms with Gasteiger partial charge in [-0.3, -0.25) is 0 Å². The molecule has 1 unspecified atom stereocenters. The third-order valence-corrected chi connectivity index (χ3v) is 5.04. The van der Waals surface area contributed by atoms with Crippen LogP contribution in [0.1, 0.15) is 55.0 Å². The summed E-state index contributed by atoms with van der Waals surface area (Å²) in [4.78, 5) is 0. The maximum Gasteiger partial charge on any atom is 0.164 e. The number of rotatable bonds is 6. The lowest BCUT2D eigenvalue weighted by Crippen LogP contribution is -2.31. The van der Waals surface area contributed by atoms with Crippen molar-refractivity contribution in [1.82, 2.24) is 5.32 Å². The number of fused-ring (bicyclic) bond motifs is 1. The van der Waals surface area contributed by atoms with E-state index in [4.69, 9.17) is 14.2 Å². The van der Waals surface area contributed by atoms with Crippen LogP contribution in [-0.4, -0.2) is 27.4 Å². The highest BCUT2D eigenvalue weighted by Gasteiger charge is 2.28. The van der Waals surface area contributed by atoms with Gasteiger partial charge in [-0.1, -0.05) is 32.0 Å². The molecule has 1 atom stereocenters. The Morgan fingerprint density at radius 2 is 1.77 bits per heavy atom. The molecule has 0 bridgehead atoms. The summed E-state index contributed by atoms with van der Waals surface area (Å²) in [5.74, 6) is 3.07. The molecule has 0 saturated carbocycles. The molecular formula is C22H29NO3. The molecule has 0 radical (unpaired) electrons. The van der Waals surface area contributed by atoms with E-state index in [1.54, 1.807) is 14.2 Å². The fourth-order valence-electron chi connectivity index (χ4n) is 3.67. The molecule has 0 spiro atoms. The summed E-state index contributed by atoms with van der Waals surface area (Å²) in [5.41, 5.74) is 4.90. The summed E-state index contributed by atoms with van der Waals surface area (Å²) in [7, 11) is 3.43. The van der Waals surface area contributed by atoms with Crippen LogP contribution in [0.15, 0.2) is 30.3 Å². The molecule has 4 heteroatoms. The number of benzene rings is 2. The Bertz CT molecular complexity index is 770. The van der Waals surface area contributed by atoms with E-state index in [0.717, 1.165) is 35.8 Å². The molecular weight excluding hydrogens is 326 g/mol. The van der Waals surface area contributed by atoms with Crippen LogP contribution in [0.25, 0.3) is 0 Å². The third kappa shape index (κ3) is 3.38. The normalized spacial score (nSPS) is 16.3. The second-order valence-corrected chi connectivity index (χ2v) is 6.89. The number of nitrogens with one attached hydrogen (secondary N) is 1. The van der Waals surface area contributed by atoms with Gasteiger partial charge in [-0.15, -0.1) is 0 Å². The Balaban J connectivity index is 2.09. The standard InChI is InChI=1S/C22H29NO3/c1-6-26-22-17-11-12-23-21(16(17)9-10-19(22)24-4)18-8-7-15(14(2)3)13-20(18)25-5/h7-10,13-14,21,23H,6,11-12H2,1-5H3. The van der Waals surface area contributed by atoms with Crippen molar-refractivity contribution < 1.29 is 14.2 Å². The average molecular weight is 355 g/mol. The van der Waals surface area contributed by atoms with Crippen molar-refractivity contribution in [3.63, 3.8) is 0 Å². The molecule has 2 aromatic carbocycles. The highest BCUT2D eigenvalue weighted by Crippen LogP contribution is 2.42. The predicted octanol–water partition coefficient (Wildman–Crippen LogP) is 4.46. The van der Waals surface area contributed by atoms with E-state index in [1.807, 2.05) is 13.0 Å². The molecule has 3 rings (SSSR count). The number of methoxy groups -OCH3 is 2. The average Bonchev–Trinajstić information content (AvgIpc) is 2.67. The summed E-state index contributed by atoms with van der Waals surface area (Å²) in [6.45, 7) is 7.91. The maximum absolute atomic E-state index is 5.93. The van der Waals surface area contributed by atoms with Crippen LogP contribution in [0, 0.1) is 0 Å². The third-order valence-electron chi connectivity index (χ3n) is 5.04. The Morgan fingerprint density at radius 1 is 1.04 bits per heavy atom. The first-order valence-electron chi connectivity index (χ1n) is 9.34. The first kappa shape index (κ1) is 18.6. The van der Waals surface area contributed by atoms with Gasteiger partial charge < -0.3 is 19.5 Å². The fraction of sp³-hybridized carbons (Fsp3) is 0.455. The van der Waals surface area contributed by atoms with Gasteiger partial charge in [0.15, 0.2) is 11.5 Å². The Kier molecular flexibility index (Phi) is 5.72. The van der Waals surface area contributed by atoms with Gasteiger partial charge in [0.25, 0.3) is 0 Å². The zero-order valence-electron chi connectivity index (χ0n) is 16.4. The van der Waals surface area contributed by atoms with Gasteiger partial charge in [0.05, 0.1) is 26.9 Å². The van der Waals surface area contributed by atoms with Crippen molar-refractivity contribution in [2.24, 2.45) is 0 Å². The van der Waals surface area contributed by atoms with Crippen molar-refractivity contribution in [2.75, 3.05) is 27.4 Å². The summed E-state index contributed by atoms with van der Waals surface area (Å²) >= 11 is 0. The molecule has 0 saturated heterocycles. The van der Waals surface area contributed by atoms with E-state index in [1.165, 1.54) is 16.7 Å². The molecule has 0 aliphatic carbocycles. The van der Waals surface area contributed by atoms with E-state index < -0.39 is 0 Å². The van der Waals surface area contributed by atoms with E-state index in [9.17, 15) is 0 Å². The maximum atomic E-state index is 5.93. The van der Waals surface area contributed by atoms with Crippen molar-refractivity contribution in [2.45, 2.75) is 39.2 Å². The lowest BCUT2D eigenvalue weighted by atomic mass is 9.87. The lowest BCUT2D eigenvalue weighted by molar-refractivity contribution is 0.305. The van der Waals surface area contributed by atoms with Crippen molar-refractivity contribution >= 4 is 0 Å². The summed E-state index contributed by atoms with van der Waals surface area (Å²) in [6, 6.07) is 10.8. The number of hydrogen-bond donors (Lipinski definition) is 1. The Morgan fingerprint density at radius 3 is 2.42 bits per heavy atom. The van der Waals surface area contributed by atoms with Gasteiger partial charge in [0.2, 0.25) is 0 Å². The van der Waals surface area contributed by atoms with Crippen molar-refractivity contribution in [1.29, 1.82) is 0 Å². The lowest BCUT2D eigenvalue weighted by Gasteiger charge is -2.30. The minimum absolute atomic E-state index is 0.0834. The van der Waals surface area contributed by atoms with Crippen molar-refractivity contribution in [3.05, 3.63) is 52.6 Å². The molecule has 1 heterocycles. The van der Waals surface area contributed by atoms with Gasteiger partial charge in [0, 0.05) is 17.7 Å². The largest absolute Gasteiger partial charge is 0.496 e. The second-order valence-electron chi connectivity index (χ2n) is 6.89. The highest BCUT2D eigenvalue weighted by atomic mass is 16.5. The van der Waals surface area contributed by atoms with Crippen LogP contribution in [-0.2, 0) is 6.42 Å². The fourth-order valence-corrected chi connectivity index (χ4v) is 3.67. The SMILES string of the molecule is CCOc1c(OC)ccc2c1CCNC2c1ccc(C(C)C)cc1OC. The van der Waals surface area contributed by atoms with Gasteiger partial charge in [-0.25, -0.2) is 0 Å². The van der Waals surface area contributed by atoms with Gasteiger partial charge >= 0.3 is 0 Å². The van der Waals surface area contributed by atoms with Crippen LogP contribution < -0.4 is 19.5 Å². The van der Waals surface area contributed by atoms with E-state index in [0.29, 0.717) is 12.5 Å². The quantitative estimate of drug-likeness (QED) is 0.830. The highest BCUT2D eigenvalue weighted by molar-refractivity contribution is 5.56. The molecule has 1 aliphatic rings.